The standard InChI is InChI=1S/C12H16ClNO5S/c1-8(18-2)7-14-12(15)10-6-9(20(13,16)17)4-5-11(10)19-3/h4-6,8H,7H2,1-3H3,(H,14,15). The highest BCUT2D eigenvalue weighted by Crippen LogP contribution is 2.24. The first kappa shape index (κ1) is 16.7. The molecule has 0 bridgehead atoms. The van der Waals surface area contributed by atoms with Crippen LogP contribution in [0.4, 0.5) is 0 Å². The largest absolute Gasteiger partial charge is 0.496 e. The third-order valence-corrected chi connectivity index (χ3v) is 4.00. The fraction of sp³-hybridized carbons (Fsp3) is 0.417. The van der Waals surface area contributed by atoms with E-state index >= 15 is 0 Å². The van der Waals surface area contributed by atoms with Crippen molar-refractivity contribution in [2.75, 3.05) is 20.8 Å². The Balaban J connectivity index is 3.05. The van der Waals surface area contributed by atoms with Crippen molar-refractivity contribution in [3.63, 3.8) is 0 Å². The molecular formula is C12H16ClNO5S. The summed E-state index contributed by atoms with van der Waals surface area (Å²) in [6.45, 7) is 2.08. The number of carbonyl (C=O) groups excluding carboxylic acids is 1. The van der Waals surface area contributed by atoms with Gasteiger partial charge in [0.25, 0.3) is 15.0 Å². The quantitative estimate of drug-likeness (QED) is 0.801. The number of rotatable bonds is 6. The Hall–Kier alpha value is -1.31. The van der Waals surface area contributed by atoms with Crippen molar-refractivity contribution >= 4 is 25.6 Å². The summed E-state index contributed by atoms with van der Waals surface area (Å²) in [5, 5.41) is 2.62. The molecule has 0 spiro atoms. The van der Waals surface area contributed by atoms with Crippen LogP contribution >= 0.6 is 10.7 Å². The van der Waals surface area contributed by atoms with Crippen LogP contribution in [0.1, 0.15) is 17.3 Å². The smallest absolute Gasteiger partial charge is 0.261 e. The minimum absolute atomic E-state index is 0.0949. The lowest BCUT2D eigenvalue weighted by molar-refractivity contribution is 0.0867. The lowest BCUT2D eigenvalue weighted by Gasteiger charge is -2.13. The van der Waals surface area contributed by atoms with Crippen LogP contribution in [0, 0.1) is 0 Å². The Labute approximate surface area is 122 Å². The van der Waals surface area contributed by atoms with Crippen LogP contribution in [0.25, 0.3) is 0 Å². The summed E-state index contributed by atoms with van der Waals surface area (Å²) in [5.41, 5.74) is 0.0949. The Kier molecular flexibility index (Phi) is 5.79. The Bertz CT molecular complexity index is 588. The molecule has 8 heteroatoms. The van der Waals surface area contributed by atoms with E-state index in [0.29, 0.717) is 0 Å². The lowest BCUT2D eigenvalue weighted by atomic mass is 10.2. The Morgan fingerprint density at radius 3 is 2.55 bits per heavy atom. The number of methoxy groups -OCH3 is 2. The maximum absolute atomic E-state index is 12.0. The van der Waals surface area contributed by atoms with Crippen LogP contribution in [-0.4, -0.2) is 41.2 Å². The highest BCUT2D eigenvalue weighted by Gasteiger charge is 2.18. The zero-order valence-electron chi connectivity index (χ0n) is 11.3. The van der Waals surface area contributed by atoms with Gasteiger partial charge < -0.3 is 14.8 Å². The molecule has 1 aromatic rings. The van der Waals surface area contributed by atoms with Crippen molar-refractivity contribution in [1.82, 2.24) is 5.32 Å². The molecule has 0 saturated heterocycles. The van der Waals surface area contributed by atoms with Crippen molar-refractivity contribution in [2.45, 2.75) is 17.9 Å². The van der Waals surface area contributed by atoms with Gasteiger partial charge in [-0.2, -0.15) is 0 Å². The highest BCUT2D eigenvalue weighted by molar-refractivity contribution is 8.13. The normalized spacial score (nSPS) is 12.8. The molecule has 6 nitrogen and oxygen atoms in total. The highest BCUT2D eigenvalue weighted by atomic mass is 35.7. The molecule has 0 aromatic heterocycles. The van der Waals surface area contributed by atoms with E-state index in [1.807, 2.05) is 0 Å². The van der Waals surface area contributed by atoms with Gasteiger partial charge in [-0.3, -0.25) is 4.79 Å². The number of benzene rings is 1. The maximum Gasteiger partial charge on any atom is 0.261 e. The summed E-state index contributed by atoms with van der Waals surface area (Å²) in [5.74, 6) is -0.204. The molecule has 1 atom stereocenters. The number of ether oxygens (including phenoxy) is 2. The summed E-state index contributed by atoms with van der Waals surface area (Å²) >= 11 is 0. The van der Waals surface area contributed by atoms with E-state index < -0.39 is 15.0 Å². The molecule has 0 radical (unpaired) electrons. The molecule has 1 aromatic carbocycles. The van der Waals surface area contributed by atoms with E-state index in [-0.39, 0.29) is 28.9 Å². The van der Waals surface area contributed by atoms with Crippen molar-refractivity contribution in [3.05, 3.63) is 23.8 Å². The summed E-state index contributed by atoms with van der Waals surface area (Å²) in [6.07, 6.45) is -0.162. The number of nitrogens with one attached hydrogen (secondary N) is 1. The summed E-state index contributed by atoms with van der Waals surface area (Å²) in [6, 6.07) is 3.83. The van der Waals surface area contributed by atoms with Gasteiger partial charge in [-0.1, -0.05) is 0 Å². The van der Waals surface area contributed by atoms with Gasteiger partial charge in [0.15, 0.2) is 0 Å². The molecule has 0 heterocycles. The molecule has 1 rings (SSSR count). The first-order chi connectivity index (χ1) is 9.29. The molecule has 0 saturated carbocycles. The number of hydrogen-bond donors (Lipinski definition) is 1. The molecule has 112 valence electrons. The summed E-state index contributed by atoms with van der Waals surface area (Å²) in [4.78, 5) is 11.9. The van der Waals surface area contributed by atoms with Gasteiger partial charge in [0.1, 0.15) is 5.75 Å². The molecular weight excluding hydrogens is 306 g/mol. The van der Waals surface area contributed by atoms with Crippen LogP contribution in [0.2, 0.25) is 0 Å². The first-order valence-electron chi connectivity index (χ1n) is 5.73. The van der Waals surface area contributed by atoms with Gasteiger partial charge >= 0.3 is 0 Å². The van der Waals surface area contributed by atoms with Crippen LogP contribution < -0.4 is 10.1 Å². The molecule has 1 amide bonds. The van der Waals surface area contributed by atoms with Crippen molar-refractivity contribution in [1.29, 1.82) is 0 Å². The van der Waals surface area contributed by atoms with Crippen LogP contribution in [0.5, 0.6) is 5.75 Å². The van der Waals surface area contributed by atoms with Gasteiger partial charge in [-0.05, 0) is 25.1 Å². The fourth-order valence-electron chi connectivity index (χ4n) is 1.43. The van der Waals surface area contributed by atoms with E-state index in [1.54, 1.807) is 6.92 Å². The Morgan fingerprint density at radius 1 is 1.40 bits per heavy atom. The zero-order chi connectivity index (χ0) is 15.3. The summed E-state index contributed by atoms with van der Waals surface area (Å²) in [7, 11) is 4.27. The maximum atomic E-state index is 12.0. The van der Waals surface area contributed by atoms with Crippen molar-refractivity contribution < 1.29 is 22.7 Å². The first-order valence-corrected chi connectivity index (χ1v) is 8.04. The lowest BCUT2D eigenvalue weighted by Crippen LogP contribution is -2.31. The third-order valence-electron chi connectivity index (χ3n) is 2.65. The molecule has 1 N–H and O–H groups in total. The number of halogens is 1. The zero-order valence-corrected chi connectivity index (χ0v) is 12.9. The van der Waals surface area contributed by atoms with E-state index in [1.165, 1.54) is 32.4 Å². The second kappa shape index (κ2) is 6.92. The van der Waals surface area contributed by atoms with Crippen molar-refractivity contribution in [3.8, 4) is 5.75 Å². The van der Waals surface area contributed by atoms with E-state index in [9.17, 15) is 13.2 Å². The molecule has 0 aliphatic rings. The molecule has 20 heavy (non-hydrogen) atoms. The average molecular weight is 322 g/mol. The van der Waals surface area contributed by atoms with E-state index in [4.69, 9.17) is 20.2 Å². The van der Waals surface area contributed by atoms with Gasteiger partial charge in [0, 0.05) is 24.3 Å². The molecule has 0 aliphatic carbocycles. The topological polar surface area (TPSA) is 81.7 Å². The number of hydrogen-bond acceptors (Lipinski definition) is 5. The van der Waals surface area contributed by atoms with Crippen LogP contribution in [-0.2, 0) is 13.8 Å². The van der Waals surface area contributed by atoms with Crippen molar-refractivity contribution in [2.24, 2.45) is 0 Å². The van der Waals surface area contributed by atoms with E-state index in [2.05, 4.69) is 5.32 Å². The third kappa shape index (κ3) is 4.36. The van der Waals surface area contributed by atoms with Gasteiger partial charge in [-0.25, -0.2) is 8.42 Å². The van der Waals surface area contributed by atoms with Crippen LogP contribution in [0.15, 0.2) is 23.1 Å². The molecule has 0 fully saturated rings. The Morgan fingerprint density at radius 2 is 2.05 bits per heavy atom. The predicted molar refractivity (Wildman–Crippen MR) is 74.8 cm³/mol. The van der Waals surface area contributed by atoms with Crippen LogP contribution in [0.3, 0.4) is 0 Å². The second-order valence-corrected chi connectivity index (χ2v) is 6.62. The average Bonchev–Trinajstić information content (AvgIpc) is 2.42. The SMILES string of the molecule is COc1ccc(S(=O)(=O)Cl)cc1C(=O)NCC(C)OC. The van der Waals surface area contributed by atoms with Gasteiger partial charge in [0.05, 0.1) is 23.7 Å². The summed E-state index contributed by atoms with van der Waals surface area (Å²) < 4.78 is 32.6. The van der Waals surface area contributed by atoms with Gasteiger partial charge in [-0.15, -0.1) is 0 Å². The molecule has 0 aliphatic heterocycles. The van der Waals surface area contributed by atoms with E-state index in [0.717, 1.165) is 0 Å². The number of amides is 1. The number of carbonyl (C=O) groups is 1. The minimum Gasteiger partial charge on any atom is -0.496 e. The minimum atomic E-state index is -3.91. The van der Waals surface area contributed by atoms with Gasteiger partial charge in [0.2, 0.25) is 0 Å². The second-order valence-electron chi connectivity index (χ2n) is 4.06. The predicted octanol–water partition coefficient (Wildman–Crippen LogP) is 1.39. The fourth-order valence-corrected chi connectivity index (χ4v) is 2.21. The molecule has 1 unspecified atom stereocenters. The monoisotopic (exact) mass is 321 g/mol.